The van der Waals surface area contributed by atoms with Crippen LogP contribution in [0, 0.1) is 6.92 Å². The third-order valence-electron chi connectivity index (χ3n) is 2.29. The lowest BCUT2D eigenvalue weighted by atomic mass is 10.2. The maximum atomic E-state index is 9.62. The van der Waals surface area contributed by atoms with Gasteiger partial charge in [0.25, 0.3) is 0 Å². The number of hydrogen-bond acceptors (Lipinski definition) is 2. The van der Waals surface area contributed by atoms with Crippen LogP contribution < -0.4 is 0 Å². The molecule has 1 aromatic carbocycles. The molecule has 2 aromatic rings. The fourth-order valence-electron chi connectivity index (χ4n) is 1.41. The van der Waals surface area contributed by atoms with Gasteiger partial charge >= 0.3 is 0 Å². The molecule has 78 valence electrons. The summed E-state index contributed by atoms with van der Waals surface area (Å²) in [5.74, 6) is 0.245. The molecule has 0 bridgehead atoms. The van der Waals surface area contributed by atoms with Crippen LogP contribution in [0.5, 0.6) is 5.75 Å². The summed E-state index contributed by atoms with van der Waals surface area (Å²) in [6, 6.07) is 6.92. The number of phenolic OH excluding ortho intramolecular Hbond substituents is 1. The molecule has 0 amide bonds. The predicted molar refractivity (Wildman–Crippen MR) is 59.2 cm³/mol. The first-order valence-corrected chi connectivity index (χ1v) is 5.00. The van der Waals surface area contributed by atoms with E-state index < -0.39 is 0 Å². The van der Waals surface area contributed by atoms with Crippen LogP contribution in [0.15, 0.2) is 30.5 Å². The van der Waals surface area contributed by atoms with E-state index in [1.807, 2.05) is 17.7 Å². The largest absolute Gasteiger partial charge is 0.508 e. The lowest BCUT2D eigenvalue weighted by molar-refractivity contribution is 0.463. The standard InChI is InChI=1S/C11H11ClN2O/c1-8-4-5-13-14(8)7-9-6-10(12)2-3-11(9)15/h2-6,15H,7H2,1H3. The summed E-state index contributed by atoms with van der Waals surface area (Å²) in [5, 5.41) is 14.4. The lowest BCUT2D eigenvalue weighted by Gasteiger charge is -2.07. The zero-order chi connectivity index (χ0) is 10.8. The number of phenols is 1. The van der Waals surface area contributed by atoms with Gasteiger partial charge in [0.05, 0.1) is 6.54 Å². The van der Waals surface area contributed by atoms with Crippen molar-refractivity contribution in [3.05, 3.63) is 46.7 Å². The molecular weight excluding hydrogens is 212 g/mol. The summed E-state index contributed by atoms with van der Waals surface area (Å²) in [6.45, 7) is 2.50. The van der Waals surface area contributed by atoms with Crippen LogP contribution in [-0.4, -0.2) is 14.9 Å². The van der Waals surface area contributed by atoms with Crippen molar-refractivity contribution in [1.29, 1.82) is 0 Å². The SMILES string of the molecule is Cc1ccnn1Cc1cc(Cl)ccc1O. The summed E-state index contributed by atoms with van der Waals surface area (Å²) in [5.41, 5.74) is 1.82. The Morgan fingerprint density at radius 3 is 2.87 bits per heavy atom. The Hall–Kier alpha value is -1.48. The highest BCUT2D eigenvalue weighted by atomic mass is 35.5. The van der Waals surface area contributed by atoms with Gasteiger partial charge in [-0.25, -0.2) is 0 Å². The van der Waals surface area contributed by atoms with Gasteiger partial charge < -0.3 is 5.11 Å². The van der Waals surface area contributed by atoms with E-state index in [-0.39, 0.29) is 5.75 Å². The summed E-state index contributed by atoms with van der Waals surface area (Å²) in [7, 11) is 0. The maximum absolute atomic E-state index is 9.62. The monoisotopic (exact) mass is 222 g/mol. The summed E-state index contributed by atoms with van der Waals surface area (Å²) in [6.07, 6.45) is 1.73. The molecule has 3 nitrogen and oxygen atoms in total. The smallest absolute Gasteiger partial charge is 0.120 e. The van der Waals surface area contributed by atoms with E-state index in [2.05, 4.69) is 5.10 Å². The summed E-state index contributed by atoms with van der Waals surface area (Å²) in [4.78, 5) is 0. The van der Waals surface area contributed by atoms with Crippen molar-refractivity contribution in [1.82, 2.24) is 9.78 Å². The van der Waals surface area contributed by atoms with Gasteiger partial charge in [0.2, 0.25) is 0 Å². The predicted octanol–water partition coefficient (Wildman–Crippen LogP) is 2.60. The highest BCUT2D eigenvalue weighted by Gasteiger charge is 2.04. The Bertz CT molecular complexity index is 479. The number of aromatic nitrogens is 2. The van der Waals surface area contributed by atoms with Crippen molar-refractivity contribution in [2.24, 2.45) is 0 Å². The second-order valence-electron chi connectivity index (χ2n) is 3.40. The first-order valence-electron chi connectivity index (χ1n) is 4.62. The van der Waals surface area contributed by atoms with Crippen molar-refractivity contribution < 1.29 is 5.11 Å². The highest BCUT2D eigenvalue weighted by Crippen LogP contribution is 2.22. The third-order valence-corrected chi connectivity index (χ3v) is 2.53. The molecule has 0 spiro atoms. The Morgan fingerprint density at radius 1 is 1.40 bits per heavy atom. The number of nitrogens with zero attached hydrogens (tertiary/aromatic N) is 2. The van der Waals surface area contributed by atoms with E-state index >= 15 is 0 Å². The number of halogens is 1. The molecular formula is C11H11ClN2O. The highest BCUT2D eigenvalue weighted by molar-refractivity contribution is 6.30. The van der Waals surface area contributed by atoms with Crippen LogP contribution in [0.4, 0.5) is 0 Å². The van der Waals surface area contributed by atoms with Crippen molar-refractivity contribution in [2.45, 2.75) is 13.5 Å². The van der Waals surface area contributed by atoms with Gasteiger partial charge in [-0.05, 0) is 31.2 Å². The minimum Gasteiger partial charge on any atom is -0.508 e. The van der Waals surface area contributed by atoms with E-state index in [0.29, 0.717) is 11.6 Å². The number of benzene rings is 1. The van der Waals surface area contributed by atoms with Crippen LogP contribution in [0.25, 0.3) is 0 Å². The molecule has 0 atom stereocenters. The minimum atomic E-state index is 0.245. The first-order chi connectivity index (χ1) is 7.16. The zero-order valence-electron chi connectivity index (χ0n) is 8.31. The van der Waals surface area contributed by atoms with Crippen molar-refractivity contribution in [3.8, 4) is 5.75 Å². The van der Waals surface area contributed by atoms with E-state index in [1.165, 1.54) is 0 Å². The molecule has 1 N–H and O–H groups in total. The van der Waals surface area contributed by atoms with Crippen LogP contribution in [0.1, 0.15) is 11.3 Å². The maximum Gasteiger partial charge on any atom is 0.120 e. The number of rotatable bonds is 2. The Labute approximate surface area is 92.9 Å². The van der Waals surface area contributed by atoms with Gasteiger partial charge in [-0.3, -0.25) is 4.68 Å². The van der Waals surface area contributed by atoms with Gasteiger partial charge in [-0.2, -0.15) is 5.10 Å². The molecule has 1 aromatic heterocycles. The van der Waals surface area contributed by atoms with Crippen LogP contribution in [-0.2, 0) is 6.54 Å². The normalized spacial score (nSPS) is 10.5. The number of aromatic hydroxyl groups is 1. The molecule has 0 saturated heterocycles. The quantitative estimate of drug-likeness (QED) is 0.848. The van der Waals surface area contributed by atoms with Gasteiger partial charge in [0, 0.05) is 22.5 Å². The molecule has 4 heteroatoms. The first kappa shape index (κ1) is 10.1. The number of aryl methyl sites for hydroxylation is 1. The Balaban J connectivity index is 2.32. The molecule has 0 aliphatic carbocycles. The summed E-state index contributed by atoms with van der Waals surface area (Å²) >= 11 is 5.86. The Morgan fingerprint density at radius 2 is 2.20 bits per heavy atom. The average Bonchev–Trinajstić information content (AvgIpc) is 2.58. The fourth-order valence-corrected chi connectivity index (χ4v) is 1.60. The van der Waals surface area contributed by atoms with Crippen molar-refractivity contribution in [3.63, 3.8) is 0 Å². The summed E-state index contributed by atoms with van der Waals surface area (Å²) < 4.78 is 1.81. The van der Waals surface area contributed by atoms with E-state index in [1.54, 1.807) is 24.4 Å². The molecule has 0 saturated carbocycles. The van der Waals surface area contributed by atoms with E-state index in [9.17, 15) is 5.11 Å². The van der Waals surface area contributed by atoms with E-state index in [0.717, 1.165) is 11.3 Å². The third kappa shape index (κ3) is 2.13. The van der Waals surface area contributed by atoms with Crippen molar-refractivity contribution >= 4 is 11.6 Å². The second-order valence-corrected chi connectivity index (χ2v) is 3.84. The van der Waals surface area contributed by atoms with Crippen LogP contribution in [0.2, 0.25) is 5.02 Å². The molecule has 2 rings (SSSR count). The zero-order valence-corrected chi connectivity index (χ0v) is 9.07. The number of hydrogen-bond donors (Lipinski definition) is 1. The minimum absolute atomic E-state index is 0.245. The van der Waals surface area contributed by atoms with Gasteiger partial charge in [-0.1, -0.05) is 11.6 Å². The second kappa shape index (κ2) is 3.95. The molecule has 0 fully saturated rings. The van der Waals surface area contributed by atoms with Crippen LogP contribution >= 0.6 is 11.6 Å². The molecule has 0 radical (unpaired) electrons. The Kier molecular flexibility index (Phi) is 2.64. The fraction of sp³-hybridized carbons (Fsp3) is 0.182. The molecule has 0 aliphatic heterocycles. The van der Waals surface area contributed by atoms with Gasteiger partial charge in [0.15, 0.2) is 0 Å². The molecule has 0 aliphatic rings. The van der Waals surface area contributed by atoms with Gasteiger partial charge in [0.1, 0.15) is 5.75 Å². The van der Waals surface area contributed by atoms with E-state index in [4.69, 9.17) is 11.6 Å². The molecule has 1 heterocycles. The molecule has 15 heavy (non-hydrogen) atoms. The lowest BCUT2D eigenvalue weighted by Crippen LogP contribution is -2.03. The topological polar surface area (TPSA) is 38.0 Å². The van der Waals surface area contributed by atoms with Crippen molar-refractivity contribution in [2.75, 3.05) is 0 Å². The van der Waals surface area contributed by atoms with Gasteiger partial charge in [-0.15, -0.1) is 0 Å². The molecule has 0 unspecified atom stereocenters. The van der Waals surface area contributed by atoms with Crippen LogP contribution in [0.3, 0.4) is 0 Å². The average molecular weight is 223 g/mol.